The van der Waals surface area contributed by atoms with Crippen molar-refractivity contribution >= 4 is 40.8 Å². The number of carbonyl (C=O) groups excluding carboxylic acids is 1. The Labute approximate surface area is 175 Å². The van der Waals surface area contributed by atoms with Gasteiger partial charge in [-0.15, -0.1) is 0 Å². The van der Waals surface area contributed by atoms with Crippen molar-refractivity contribution in [2.75, 3.05) is 20.1 Å². The van der Waals surface area contributed by atoms with Crippen LogP contribution in [-0.4, -0.2) is 40.1 Å². The molecule has 0 saturated carbocycles. The zero-order valence-electron chi connectivity index (χ0n) is 16.2. The number of hydrogen-bond donors (Lipinski definition) is 1. The first-order chi connectivity index (χ1) is 13.5. The average Bonchev–Trinajstić information content (AvgIpc) is 2.92. The highest BCUT2D eigenvalue weighted by Crippen LogP contribution is 2.23. The van der Waals surface area contributed by atoms with Crippen molar-refractivity contribution < 1.29 is 4.79 Å². The van der Waals surface area contributed by atoms with E-state index >= 15 is 0 Å². The third-order valence-corrected chi connectivity index (χ3v) is 5.21. The molecule has 0 bridgehead atoms. The van der Waals surface area contributed by atoms with Crippen LogP contribution in [0, 0.1) is 4.77 Å². The molecule has 7 heteroatoms. The number of rotatable bonds is 8. The van der Waals surface area contributed by atoms with Crippen molar-refractivity contribution in [1.29, 1.82) is 0 Å². The van der Waals surface area contributed by atoms with Gasteiger partial charge < -0.3 is 14.5 Å². The van der Waals surface area contributed by atoms with Crippen molar-refractivity contribution in [2.45, 2.75) is 26.6 Å². The topological polar surface area (TPSA) is 42.2 Å². The summed E-state index contributed by atoms with van der Waals surface area (Å²) in [4.78, 5) is 14.0. The van der Waals surface area contributed by atoms with Gasteiger partial charge in [0.2, 0.25) is 5.91 Å². The standard InChI is InChI=1S/C21H25ClN4OS/c1-3-11-23-20(27)14-24(2)15-26-19-12-17(22)9-10-18(19)25(21(26)28)13-16-7-5-4-6-8-16/h4-10,12H,3,11,13-15H2,1-2H3,(H,23,27). The Kier molecular flexibility index (Phi) is 6.88. The Morgan fingerprint density at radius 2 is 1.89 bits per heavy atom. The quantitative estimate of drug-likeness (QED) is 0.557. The second kappa shape index (κ2) is 9.37. The Bertz CT molecular complexity index is 1010. The monoisotopic (exact) mass is 416 g/mol. The molecule has 1 N–H and O–H groups in total. The maximum atomic E-state index is 12.0. The molecular weight excluding hydrogens is 392 g/mol. The molecule has 1 heterocycles. The lowest BCUT2D eigenvalue weighted by Crippen LogP contribution is -2.36. The lowest BCUT2D eigenvalue weighted by molar-refractivity contribution is -0.122. The summed E-state index contributed by atoms with van der Waals surface area (Å²) in [6.07, 6.45) is 0.923. The van der Waals surface area contributed by atoms with Gasteiger partial charge in [0.05, 0.1) is 30.8 Å². The Morgan fingerprint density at radius 3 is 2.61 bits per heavy atom. The number of aromatic nitrogens is 2. The van der Waals surface area contributed by atoms with Crippen molar-refractivity contribution in [3.05, 3.63) is 63.9 Å². The van der Waals surface area contributed by atoms with Crippen molar-refractivity contribution in [3.8, 4) is 0 Å². The molecule has 0 fully saturated rings. The van der Waals surface area contributed by atoms with Crippen LogP contribution >= 0.6 is 23.8 Å². The van der Waals surface area contributed by atoms with Crippen LogP contribution in [-0.2, 0) is 18.0 Å². The molecule has 0 unspecified atom stereocenters. The predicted octanol–water partition coefficient (Wildman–Crippen LogP) is 4.29. The number of carbonyl (C=O) groups is 1. The summed E-state index contributed by atoms with van der Waals surface area (Å²) in [6.45, 7) is 4.24. The van der Waals surface area contributed by atoms with Gasteiger partial charge in [0.15, 0.2) is 4.77 Å². The van der Waals surface area contributed by atoms with Gasteiger partial charge >= 0.3 is 0 Å². The summed E-state index contributed by atoms with van der Waals surface area (Å²) in [5.74, 6) is 0.0157. The fourth-order valence-corrected chi connectivity index (χ4v) is 3.69. The number of hydrogen-bond acceptors (Lipinski definition) is 3. The molecule has 2 aromatic carbocycles. The molecule has 0 radical (unpaired) electrons. The molecule has 0 aliphatic carbocycles. The summed E-state index contributed by atoms with van der Waals surface area (Å²) in [7, 11) is 1.91. The van der Waals surface area contributed by atoms with E-state index in [1.807, 2.05) is 59.8 Å². The van der Waals surface area contributed by atoms with Crippen LogP contribution in [0.4, 0.5) is 0 Å². The van der Waals surface area contributed by atoms with Crippen LogP contribution in [0.1, 0.15) is 18.9 Å². The summed E-state index contributed by atoms with van der Waals surface area (Å²) in [6, 6.07) is 16.0. The first-order valence-electron chi connectivity index (χ1n) is 9.37. The predicted molar refractivity (Wildman–Crippen MR) is 117 cm³/mol. The molecule has 0 aliphatic rings. The van der Waals surface area contributed by atoms with Crippen molar-refractivity contribution in [3.63, 3.8) is 0 Å². The zero-order chi connectivity index (χ0) is 20.1. The number of imidazole rings is 1. The summed E-state index contributed by atoms with van der Waals surface area (Å²) < 4.78 is 4.86. The third-order valence-electron chi connectivity index (χ3n) is 4.53. The first-order valence-corrected chi connectivity index (χ1v) is 10.2. The minimum absolute atomic E-state index is 0.0157. The van der Waals surface area contributed by atoms with Crippen LogP contribution < -0.4 is 5.32 Å². The SMILES string of the molecule is CCCNC(=O)CN(C)Cn1c(=S)n(Cc2ccccc2)c2ccc(Cl)cc21. The smallest absolute Gasteiger partial charge is 0.234 e. The highest BCUT2D eigenvalue weighted by Gasteiger charge is 2.14. The summed E-state index contributed by atoms with van der Waals surface area (Å²) in [5, 5.41) is 3.57. The molecule has 0 saturated heterocycles. The van der Waals surface area contributed by atoms with E-state index in [1.165, 1.54) is 5.56 Å². The Balaban J connectivity index is 1.91. The van der Waals surface area contributed by atoms with E-state index in [-0.39, 0.29) is 5.91 Å². The average molecular weight is 417 g/mol. The molecule has 3 rings (SSSR count). The van der Waals surface area contributed by atoms with Gasteiger partial charge in [0.25, 0.3) is 0 Å². The number of fused-ring (bicyclic) bond motifs is 1. The molecule has 28 heavy (non-hydrogen) atoms. The van der Waals surface area contributed by atoms with E-state index in [0.717, 1.165) is 17.5 Å². The molecule has 3 aromatic rings. The third kappa shape index (κ3) is 4.82. The first kappa shape index (κ1) is 20.6. The second-order valence-electron chi connectivity index (χ2n) is 6.92. The lowest BCUT2D eigenvalue weighted by atomic mass is 10.2. The molecule has 0 aliphatic heterocycles. The van der Waals surface area contributed by atoms with Crippen molar-refractivity contribution in [2.24, 2.45) is 0 Å². The van der Waals surface area contributed by atoms with Crippen LogP contribution in [0.15, 0.2) is 48.5 Å². The summed E-state index contributed by atoms with van der Waals surface area (Å²) in [5.41, 5.74) is 3.18. The van der Waals surface area contributed by atoms with E-state index in [1.54, 1.807) is 0 Å². The second-order valence-corrected chi connectivity index (χ2v) is 7.72. The van der Waals surface area contributed by atoms with E-state index in [0.29, 0.717) is 36.1 Å². The van der Waals surface area contributed by atoms with E-state index in [2.05, 4.69) is 22.0 Å². The normalized spacial score (nSPS) is 11.3. The van der Waals surface area contributed by atoms with Gasteiger partial charge in [-0.1, -0.05) is 48.9 Å². The molecule has 148 valence electrons. The van der Waals surface area contributed by atoms with E-state index in [4.69, 9.17) is 23.8 Å². The van der Waals surface area contributed by atoms with Crippen molar-refractivity contribution in [1.82, 2.24) is 19.4 Å². The van der Waals surface area contributed by atoms with Gasteiger partial charge in [-0.25, -0.2) is 0 Å². The Morgan fingerprint density at radius 1 is 1.14 bits per heavy atom. The molecule has 0 spiro atoms. The van der Waals surface area contributed by atoms with Crippen LogP contribution in [0.25, 0.3) is 11.0 Å². The van der Waals surface area contributed by atoms with Gasteiger partial charge in [-0.2, -0.15) is 0 Å². The van der Waals surface area contributed by atoms with Crippen LogP contribution in [0.3, 0.4) is 0 Å². The highest BCUT2D eigenvalue weighted by atomic mass is 35.5. The fourth-order valence-electron chi connectivity index (χ4n) is 3.21. The minimum atomic E-state index is 0.0157. The maximum absolute atomic E-state index is 12.0. The number of nitrogens with zero attached hydrogens (tertiary/aromatic N) is 3. The van der Waals surface area contributed by atoms with Gasteiger partial charge in [-0.3, -0.25) is 9.69 Å². The van der Waals surface area contributed by atoms with Crippen LogP contribution in [0.5, 0.6) is 0 Å². The molecule has 5 nitrogen and oxygen atoms in total. The molecule has 1 amide bonds. The number of halogens is 1. The lowest BCUT2D eigenvalue weighted by Gasteiger charge is -2.17. The van der Waals surface area contributed by atoms with Crippen LogP contribution in [0.2, 0.25) is 5.02 Å². The maximum Gasteiger partial charge on any atom is 0.234 e. The number of likely N-dealkylation sites (N-methyl/N-ethyl adjacent to an activating group) is 1. The molecule has 1 aromatic heterocycles. The summed E-state index contributed by atoms with van der Waals surface area (Å²) >= 11 is 12.0. The van der Waals surface area contributed by atoms with Gasteiger partial charge in [0, 0.05) is 11.6 Å². The number of nitrogens with one attached hydrogen (secondary N) is 1. The number of amides is 1. The fraction of sp³-hybridized carbons (Fsp3) is 0.333. The highest BCUT2D eigenvalue weighted by molar-refractivity contribution is 7.71. The molecule has 0 atom stereocenters. The molecular formula is C21H25ClN4OS. The number of benzene rings is 2. The van der Waals surface area contributed by atoms with Gasteiger partial charge in [-0.05, 0) is 49.4 Å². The van der Waals surface area contributed by atoms with E-state index in [9.17, 15) is 4.79 Å². The minimum Gasteiger partial charge on any atom is -0.355 e. The van der Waals surface area contributed by atoms with E-state index < -0.39 is 0 Å². The largest absolute Gasteiger partial charge is 0.355 e. The van der Waals surface area contributed by atoms with Gasteiger partial charge in [0.1, 0.15) is 0 Å². The zero-order valence-corrected chi connectivity index (χ0v) is 17.8. The Hall–Kier alpha value is -2.15.